The zero-order valence-electron chi connectivity index (χ0n) is 8.05. The summed E-state index contributed by atoms with van der Waals surface area (Å²) in [6.07, 6.45) is 0. The summed E-state index contributed by atoms with van der Waals surface area (Å²) in [5.41, 5.74) is 1.31. The Labute approximate surface area is 88.0 Å². The van der Waals surface area contributed by atoms with E-state index in [4.69, 9.17) is 0 Å². The molecular formula is C11H12N2S. The topological polar surface area (TPSA) is 16.1 Å². The number of benzene rings is 1. The Balaban J connectivity index is 2.06. The molecule has 1 heterocycles. The van der Waals surface area contributed by atoms with Gasteiger partial charge >= 0.3 is 0 Å². The van der Waals surface area contributed by atoms with Crippen LogP contribution in [0.1, 0.15) is 5.56 Å². The maximum atomic E-state index is 4.28. The molecule has 2 aromatic rings. The van der Waals surface area contributed by atoms with Gasteiger partial charge in [0.1, 0.15) is 5.82 Å². The summed E-state index contributed by atoms with van der Waals surface area (Å²) in [6.45, 7) is 0.907. The fourth-order valence-corrected chi connectivity index (χ4v) is 1.89. The van der Waals surface area contributed by atoms with Crippen LogP contribution in [0.25, 0.3) is 0 Å². The molecule has 1 aromatic carbocycles. The summed E-state index contributed by atoms with van der Waals surface area (Å²) < 4.78 is 4.28. The van der Waals surface area contributed by atoms with E-state index in [1.54, 1.807) is 0 Å². The Morgan fingerprint density at radius 2 is 2.00 bits per heavy atom. The molecule has 0 saturated carbocycles. The normalized spacial score (nSPS) is 10.1. The number of rotatable bonds is 3. The third-order valence-electron chi connectivity index (χ3n) is 2.08. The van der Waals surface area contributed by atoms with Crippen LogP contribution in [0.4, 0.5) is 5.82 Å². The first-order valence-corrected chi connectivity index (χ1v) is 5.35. The summed E-state index contributed by atoms with van der Waals surface area (Å²) in [4.78, 5) is 2.14. The molecule has 1 aromatic heterocycles. The summed E-state index contributed by atoms with van der Waals surface area (Å²) >= 11 is 1.49. The van der Waals surface area contributed by atoms with E-state index >= 15 is 0 Å². The molecular weight excluding hydrogens is 192 g/mol. The molecule has 0 radical (unpaired) electrons. The molecule has 0 fully saturated rings. The van der Waals surface area contributed by atoms with Crippen LogP contribution in [0.5, 0.6) is 0 Å². The zero-order valence-corrected chi connectivity index (χ0v) is 8.87. The summed E-state index contributed by atoms with van der Waals surface area (Å²) in [5.74, 6) is 1.04. The maximum Gasteiger partial charge on any atom is 0.142 e. The highest BCUT2D eigenvalue weighted by Crippen LogP contribution is 2.13. The Kier molecular flexibility index (Phi) is 2.79. The summed E-state index contributed by atoms with van der Waals surface area (Å²) in [6, 6.07) is 12.4. The molecule has 0 N–H and O–H groups in total. The van der Waals surface area contributed by atoms with Gasteiger partial charge < -0.3 is 4.90 Å². The lowest BCUT2D eigenvalue weighted by atomic mass is 10.2. The predicted molar refractivity (Wildman–Crippen MR) is 60.7 cm³/mol. The molecule has 0 amide bonds. The molecule has 0 bridgehead atoms. The molecule has 2 rings (SSSR count). The van der Waals surface area contributed by atoms with E-state index in [0.717, 1.165) is 12.4 Å². The van der Waals surface area contributed by atoms with E-state index in [9.17, 15) is 0 Å². The minimum atomic E-state index is 0.907. The predicted octanol–water partition coefficient (Wildman–Crippen LogP) is 2.78. The third-order valence-corrected chi connectivity index (χ3v) is 2.63. The molecule has 72 valence electrons. The molecule has 0 spiro atoms. The van der Waals surface area contributed by atoms with Crippen LogP contribution < -0.4 is 4.90 Å². The SMILES string of the molecule is CN(Cc1ccccc1)c1ccsn1. The van der Waals surface area contributed by atoms with Crippen molar-refractivity contribution >= 4 is 17.4 Å². The first kappa shape index (κ1) is 9.21. The minimum absolute atomic E-state index is 0.907. The van der Waals surface area contributed by atoms with Crippen molar-refractivity contribution in [2.45, 2.75) is 6.54 Å². The average Bonchev–Trinajstić information content (AvgIpc) is 2.72. The average molecular weight is 204 g/mol. The number of anilines is 1. The monoisotopic (exact) mass is 204 g/mol. The van der Waals surface area contributed by atoms with E-state index in [0.29, 0.717) is 0 Å². The first-order valence-electron chi connectivity index (χ1n) is 4.52. The van der Waals surface area contributed by atoms with Crippen molar-refractivity contribution in [1.82, 2.24) is 4.37 Å². The fraction of sp³-hybridized carbons (Fsp3) is 0.182. The van der Waals surface area contributed by atoms with Crippen LogP contribution in [0, 0.1) is 0 Å². The lowest BCUT2D eigenvalue weighted by Gasteiger charge is -2.15. The van der Waals surface area contributed by atoms with Gasteiger partial charge in [0.25, 0.3) is 0 Å². The Morgan fingerprint density at radius 3 is 2.64 bits per heavy atom. The quantitative estimate of drug-likeness (QED) is 0.764. The highest BCUT2D eigenvalue weighted by atomic mass is 32.1. The van der Waals surface area contributed by atoms with Crippen molar-refractivity contribution in [2.75, 3.05) is 11.9 Å². The summed E-state index contributed by atoms with van der Waals surface area (Å²) in [5, 5.41) is 2.00. The molecule has 2 nitrogen and oxygen atoms in total. The van der Waals surface area contributed by atoms with Crippen LogP contribution in [-0.2, 0) is 6.54 Å². The highest BCUT2D eigenvalue weighted by Gasteiger charge is 2.02. The summed E-state index contributed by atoms with van der Waals surface area (Å²) in [7, 11) is 2.06. The molecule has 14 heavy (non-hydrogen) atoms. The van der Waals surface area contributed by atoms with Crippen LogP contribution in [0.3, 0.4) is 0 Å². The first-order chi connectivity index (χ1) is 6.86. The van der Waals surface area contributed by atoms with Gasteiger partial charge in [-0.15, -0.1) is 0 Å². The Bertz CT molecular complexity index is 369. The number of nitrogens with zero attached hydrogens (tertiary/aromatic N) is 2. The van der Waals surface area contributed by atoms with Crippen LogP contribution in [-0.4, -0.2) is 11.4 Å². The van der Waals surface area contributed by atoms with E-state index in [-0.39, 0.29) is 0 Å². The van der Waals surface area contributed by atoms with Crippen molar-refractivity contribution in [3.8, 4) is 0 Å². The van der Waals surface area contributed by atoms with E-state index in [1.165, 1.54) is 17.1 Å². The van der Waals surface area contributed by atoms with E-state index in [1.807, 2.05) is 17.5 Å². The molecule has 0 aliphatic carbocycles. The lowest BCUT2D eigenvalue weighted by molar-refractivity contribution is 0.909. The Morgan fingerprint density at radius 1 is 1.21 bits per heavy atom. The minimum Gasteiger partial charge on any atom is -0.355 e. The van der Waals surface area contributed by atoms with Gasteiger partial charge in [0.2, 0.25) is 0 Å². The molecule has 0 aliphatic rings. The third kappa shape index (κ3) is 2.12. The number of hydrogen-bond acceptors (Lipinski definition) is 3. The van der Waals surface area contributed by atoms with Crippen molar-refractivity contribution in [1.29, 1.82) is 0 Å². The van der Waals surface area contributed by atoms with Gasteiger partial charge in [0, 0.05) is 19.0 Å². The van der Waals surface area contributed by atoms with Crippen molar-refractivity contribution in [3.63, 3.8) is 0 Å². The molecule has 0 unspecified atom stereocenters. The smallest absolute Gasteiger partial charge is 0.142 e. The molecule has 0 atom stereocenters. The second-order valence-corrected chi connectivity index (χ2v) is 3.86. The number of hydrogen-bond donors (Lipinski definition) is 0. The highest BCUT2D eigenvalue weighted by molar-refractivity contribution is 7.03. The fourth-order valence-electron chi connectivity index (χ4n) is 1.34. The largest absolute Gasteiger partial charge is 0.355 e. The van der Waals surface area contributed by atoms with Gasteiger partial charge in [-0.2, -0.15) is 4.37 Å². The molecule has 3 heteroatoms. The zero-order chi connectivity index (χ0) is 9.80. The van der Waals surface area contributed by atoms with Gasteiger partial charge in [-0.05, 0) is 23.2 Å². The van der Waals surface area contributed by atoms with Crippen molar-refractivity contribution < 1.29 is 0 Å². The van der Waals surface area contributed by atoms with Crippen LogP contribution in [0.15, 0.2) is 41.8 Å². The van der Waals surface area contributed by atoms with Crippen molar-refractivity contribution in [3.05, 3.63) is 47.3 Å². The van der Waals surface area contributed by atoms with Gasteiger partial charge in [-0.25, -0.2) is 0 Å². The second-order valence-electron chi connectivity index (χ2n) is 3.20. The Hall–Kier alpha value is -1.35. The van der Waals surface area contributed by atoms with Crippen LogP contribution >= 0.6 is 11.5 Å². The van der Waals surface area contributed by atoms with Gasteiger partial charge in [0.05, 0.1) is 0 Å². The van der Waals surface area contributed by atoms with Gasteiger partial charge in [-0.3, -0.25) is 0 Å². The van der Waals surface area contributed by atoms with Crippen LogP contribution in [0.2, 0.25) is 0 Å². The lowest BCUT2D eigenvalue weighted by Crippen LogP contribution is -2.16. The molecule has 0 aliphatic heterocycles. The van der Waals surface area contributed by atoms with E-state index < -0.39 is 0 Å². The van der Waals surface area contributed by atoms with Gasteiger partial charge in [0.15, 0.2) is 0 Å². The van der Waals surface area contributed by atoms with E-state index in [2.05, 4.69) is 40.6 Å². The van der Waals surface area contributed by atoms with Crippen molar-refractivity contribution in [2.24, 2.45) is 0 Å². The molecule has 0 saturated heterocycles. The standard InChI is InChI=1S/C11H12N2S/c1-13(11-7-8-14-12-11)9-10-5-3-2-4-6-10/h2-8H,9H2,1H3. The number of aromatic nitrogens is 1. The van der Waals surface area contributed by atoms with Gasteiger partial charge in [-0.1, -0.05) is 30.3 Å². The maximum absolute atomic E-state index is 4.28. The second kappa shape index (κ2) is 4.24.